The molecule has 0 aliphatic carbocycles. The Bertz CT molecular complexity index is 668. The second kappa shape index (κ2) is 6.82. The van der Waals surface area contributed by atoms with E-state index in [1.54, 1.807) is 0 Å². The lowest BCUT2D eigenvalue weighted by molar-refractivity contribution is -0.275. The molecule has 0 saturated heterocycles. The van der Waals surface area contributed by atoms with Crippen molar-refractivity contribution in [3.63, 3.8) is 0 Å². The van der Waals surface area contributed by atoms with Crippen molar-refractivity contribution in [1.29, 1.82) is 0 Å². The fourth-order valence-electron chi connectivity index (χ4n) is 1.90. The minimum Gasteiger partial charge on any atom is -0.488 e. The van der Waals surface area contributed by atoms with Crippen LogP contribution in [0, 0.1) is 11.6 Å². The topological polar surface area (TPSA) is 44.5 Å². The minimum absolute atomic E-state index is 0.0117. The van der Waals surface area contributed by atoms with Gasteiger partial charge in [-0.3, -0.25) is 0 Å². The van der Waals surface area contributed by atoms with Crippen molar-refractivity contribution in [1.82, 2.24) is 0 Å². The van der Waals surface area contributed by atoms with Crippen molar-refractivity contribution < 1.29 is 31.4 Å². The van der Waals surface area contributed by atoms with Crippen molar-refractivity contribution in [2.24, 2.45) is 5.73 Å². The van der Waals surface area contributed by atoms with E-state index in [4.69, 9.17) is 10.5 Å². The largest absolute Gasteiger partial charge is 0.573 e. The molecule has 2 aromatic carbocycles. The molecule has 0 aliphatic heterocycles. The molecule has 0 spiro atoms. The number of halogens is 5. The SMILES string of the molecule is NCCOc1ccc(-c2cc(F)cc(F)c2)cc1OC(F)(F)F. The monoisotopic (exact) mass is 333 g/mol. The highest BCUT2D eigenvalue weighted by Gasteiger charge is 2.32. The van der Waals surface area contributed by atoms with Gasteiger partial charge in [-0.25, -0.2) is 8.78 Å². The smallest absolute Gasteiger partial charge is 0.488 e. The molecule has 2 aromatic rings. The molecule has 0 radical (unpaired) electrons. The molecule has 23 heavy (non-hydrogen) atoms. The van der Waals surface area contributed by atoms with Crippen molar-refractivity contribution in [2.45, 2.75) is 6.36 Å². The lowest BCUT2D eigenvalue weighted by Gasteiger charge is -2.15. The Kier molecular flexibility index (Phi) is 5.05. The van der Waals surface area contributed by atoms with Crippen LogP contribution in [0.1, 0.15) is 0 Å². The van der Waals surface area contributed by atoms with Crippen LogP contribution >= 0.6 is 0 Å². The maximum absolute atomic E-state index is 13.2. The fourth-order valence-corrected chi connectivity index (χ4v) is 1.90. The van der Waals surface area contributed by atoms with Crippen LogP contribution < -0.4 is 15.2 Å². The summed E-state index contributed by atoms with van der Waals surface area (Å²) in [6, 6.07) is 6.23. The van der Waals surface area contributed by atoms with E-state index in [2.05, 4.69) is 4.74 Å². The Hall–Kier alpha value is -2.35. The number of benzene rings is 2. The van der Waals surface area contributed by atoms with Gasteiger partial charge in [0.2, 0.25) is 0 Å². The predicted molar refractivity (Wildman–Crippen MR) is 73.0 cm³/mol. The summed E-state index contributed by atoms with van der Waals surface area (Å²) in [5.41, 5.74) is 5.45. The number of nitrogens with two attached hydrogens (primary N) is 1. The van der Waals surface area contributed by atoms with Gasteiger partial charge in [-0.2, -0.15) is 0 Å². The van der Waals surface area contributed by atoms with Gasteiger partial charge in [-0.15, -0.1) is 13.2 Å². The number of rotatable bonds is 5. The van der Waals surface area contributed by atoms with Crippen LogP contribution in [0.25, 0.3) is 11.1 Å². The summed E-state index contributed by atoms with van der Waals surface area (Å²) < 4.78 is 72.9. The molecule has 0 heterocycles. The van der Waals surface area contributed by atoms with E-state index in [0.717, 1.165) is 18.2 Å². The van der Waals surface area contributed by atoms with Crippen LogP contribution in [0.15, 0.2) is 36.4 Å². The van der Waals surface area contributed by atoms with Crippen molar-refractivity contribution in [3.8, 4) is 22.6 Å². The van der Waals surface area contributed by atoms with E-state index in [1.165, 1.54) is 12.1 Å². The molecule has 0 aromatic heterocycles. The van der Waals surface area contributed by atoms with Crippen LogP contribution in [0.5, 0.6) is 11.5 Å². The second-order valence-electron chi connectivity index (χ2n) is 4.50. The summed E-state index contributed by atoms with van der Waals surface area (Å²) in [6.07, 6.45) is -4.94. The van der Waals surface area contributed by atoms with E-state index in [9.17, 15) is 22.0 Å². The molecule has 124 valence electrons. The molecule has 0 unspecified atom stereocenters. The van der Waals surface area contributed by atoms with Gasteiger partial charge in [0.25, 0.3) is 0 Å². The van der Waals surface area contributed by atoms with Gasteiger partial charge in [-0.05, 0) is 35.4 Å². The Morgan fingerprint density at radius 3 is 2.09 bits per heavy atom. The lowest BCUT2D eigenvalue weighted by atomic mass is 10.0. The highest BCUT2D eigenvalue weighted by atomic mass is 19.4. The van der Waals surface area contributed by atoms with Crippen LogP contribution in [0.4, 0.5) is 22.0 Å². The molecule has 3 nitrogen and oxygen atoms in total. The third kappa shape index (κ3) is 4.82. The van der Waals surface area contributed by atoms with E-state index in [-0.39, 0.29) is 30.0 Å². The van der Waals surface area contributed by atoms with Crippen molar-refractivity contribution >= 4 is 0 Å². The maximum atomic E-state index is 13.2. The molecule has 8 heteroatoms. The first-order chi connectivity index (χ1) is 10.8. The van der Waals surface area contributed by atoms with E-state index >= 15 is 0 Å². The quantitative estimate of drug-likeness (QED) is 0.845. The maximum Gasteiger partial charge on any atom is 0.573 e. The van der Waals surface area contributed by atoms with E-state index in [0.29, 0.717) is 6.07 Å². The highest BCUT2D eigenvalue weighted by Crippen LogP contribution is 2.36. The van der Waals surface area contributed by atoms with Gasteiger partial charge in [0, 0.05) is 12.6 Å². The molecule has 2 rings (SSSR count). The second-order valence-corrected chi connectivity index (χ2v) is 4.50. The molecule has 0 bridgehead atoms. The third-order valence-electron chi connectivity index (χ3n) is 2.74. The molecular formula is C15H12F5NO2. The first-order valence-corrected chi connectivity index (χ1v) is 6.47. The zero-order valence-corrected chi connectivity index (χ0v) is 11.7. The van der Waals surface area contributed by atoms with Gasteiger partial charge >= 0.3 is 6.36 Å². The number of hydrogen-bond donors (Lipinski definition) is 1. The first kappa shape index (κ1) is 17.0. The van der Waals surface area contributed by atoms with E-state index in [1.807, 2.05) is 0 Å². The summed E-state index contributed by atoms with van der Waals surface area (Å²) in [5, 5.41) is 0. The molecule has 2 N–H and O–H groups in total. The summed E-state index contributed by atoms with van der Waals surface area (Å²) in [5.74, 6) is -2.48. The number of alkyl halides is 3. The first-order valence-electron chi connectivity index (χ1n) is 6.47. The number of hydrogen-bond acceptors (Lipinski definition) is 3. The van der Waals surface area contributed by atoms with Crippen LogP contribution in [0.3, 0.4) is 0 Å². The summed E-state index contributed by atoms with van der Waals surface area (Å²) >= 11 is 0. The Labute approximate surface area is 128 Å². The van der Waals surface area contributed by atoms with Crippen LogP contribution in [0.2, 0.25) is 0 Å². The summed E-state index contributed by atoms with van der Waals surface area (Å²) in [7, 11) is 0. The molecular weight excluding hydrogens is 321 g/mol. The lowest BCUT2D eigenvalue weighted by Crippen LogP contribution is -2.18. The van der Waals surface area contributed by atoms with Crippen molar-refractivity contribution in [3.05, 3.63) is 48.0 Å². The fraction of sp³-hybridized carbons (Fsp3) is 0.200. The molecule has 0 saturated carbocycles. The summed E-state index contributed by atoms with van der Waals surface area (Å²) in [6.45, 7) is 0.0878. The van der Waals surface area contributed by atoms with Crippen LogP contribution in [-0.2, 0) is 0 Å². The van der Waals surface area contributed by atoms with Crippen molar-refractivity contribution in [2.75, 3.05) is 13.2 Å². The van der Waals surface area contributed by atoms with Gasteiger partial charge < -0.3 is 15.2 Å². The predicted octanol–water partition coefficient (Wildman–Crippen LogP) is 3.87. The normalized spacial score (nSPS) is 11.4. The minimum atomic E-state index is -4.94. The van der Waals surface area contributed by atoms with Crippen LogP contribution in [-0.4, -0.2) is 19.5 Å². The number of ether oxygens (including phenoxy) is 2. The standard InChI is InChI=1S/C15H12F5NO2/c16-11-5-10(6-12(17)8-11)9-1-2-13(22-4-3-21)14(7-9)23-15(18,19)20/h1-2,5-8H,3-4,21H2. The Morgan fingerprint density at radius 1 is 0.870 bits per heavy atom. The van der Waals surface area contributed by atoms with Gasteiger partial charge in [0.1, 0.15) is 18.2 Å². The average Bonchev–Trinajstić information content (AvgIpc) is 2.43. The zero-order valence-electron chi connectivity index (χ0n) is 11.7. The van der Waals surface area contributed by atoms with Gasteiger partial charge in [0.05, 0.1) is 0 Å². The zero-order chi connectivity index (χ0) is 17.0. The van der Waals surface area contributed by atoms with E-state index < -0.39 is 23.7 Å². The van der Waals surface area contributed by atoms with Gasteiger partial charge in [0.15, 0.2) is 11.5 Å². The summed E-state index contributed by atoms with van der Waals surface area (Å²) in [4.78, 5) is 0. The van der Waals surface area contributed by atoms with Gasteiger partial charge in [-0.1, -0.05) is 6.07 Å². The molecule has 0 atom stereocenters. The molecule has 0 fully saturated rings. The Morgan fingerprint density at radius 2 is 1.52 bits per heavy atom. The molecule has 0 amide bonds. The Balaban J connectivity index is 2.43. The molecule has 0 aliphatic rings. The average molecular weight is 333 g/mol. The third-order valence-corrected chi connectivity index (χ3v) is 2.74. The highest BCUT2D eigenvalue weighted by molar-refractivity contribution is 5.67.